The Bertz CT molecular complexity index is 1230. The molecular weight excluding hydrogens is 406 g/mol. The fourth-order valence-corrected chi connectivity index (χ4v) is 4.59. The highest BCUT2D eigenvalue weighted by atomic mass is 35.5. The van der Waals surface area contributed by atoms with Gasteiger partial charge in [-0.3, -0.25) is 10.1 Å². The van der Waals surface area contributed by atoms with Crippen LogP contribution in [-0.4, -0.2) is 25.5 Å². The zero-order chi connectivity index (χ0) is 20.0. The number of rotatable bonds is 5. The van der Waals surface area contributed by atoms with Gasteiger partial charge in [0, 0.05) is 34.1 Å². The van der Waals surface area contributed by atoms with Gasteiger partial charge in [0.25, 0.3) is 5.91 Å². The highest BCUT2D eigenvalue weighted by molar-refractivity contribution is 7.16. The Morgan fingerprint density at radius 1 is 1.28 bits per heavy atom. The summed E-state index contributed by atoms with van der Waals surface area (Å²) < 4.78 is 1.60. The van der Waals surface area contributed by atoms with Crippen LogP contribution in [0, 0.1) is 6.92 Å². The van der Waals surface area contributed by atoms with E-state index >= 15 is 0 Å². The highest BCUT2D eigenvalue weighted by Gasteiger charge is 2.30. The lowest BCUT2D eigenvalue weighted by Crippen LogP contribution is -2.12. The number of fused-ring (bicyclic) bond motifs is 1. The van der Waals surface area contributed by atoms with Gasteiger partial charge in [0.05, 0.1) is 11.9 Å². The Kier molecular flexibility index (Phi) is 4.56. The lowest BCUT2D eigenvalue weighted by Gasteiger charge is -2.03. The molecule has 0 radical (unpaired) electrons. The molecule has 1 saturated carbocycles. The summed E-state index contributed by atoms with van der Waals surface area (Å²) in [6.45, 7) is 1.89. The predicted octanol–water partition coefficient (Wildman–Crippen LogP) is 4.87. The molecule has 8 heteroatoms. The van der Waals surface area contributed by atoms with Gasteiger partial charge in [0.1, 0.15) is 5.56 Å². The van der Waals surface area contributed by atoms with E-state index in [0.29, 0.717) is 22.3 Å². The van der Waals surface area contributed by atoms with E-state index in [4.69, 9.17) is 16.6 Å². The van der Waals surface area contributed by atoms with Crippen molar-refractivity contribution in [1.29, 1.82) is 0 Å². The van der Waals surface area contributed by atoms with Crippen LogP contribution in [0.2, 0.25) is 5.02 Å². The predicted molar refractivity (Wildman–Crippen MR) is 114 cm³/mol. The normalized spacial score (nSPS) is 13.7. The van der Waals surface area contributed by atoms with Crippen molar-refractivity contribution in [2.24, 2.45) is 0 Å². The molecule has 29 heavy (non-hydrogen) atoms. The molecule has 6 nitrogen and oxygen atoms in total. The zero-order valence-corrected chi connectivity index (χ0v) is 17.3. The number of amides is 1. The van der Waals surface area contributed by atoms with E-state index in [-0.39, 0.29) is 5.91 Å². The van der Waals surface area contributed by atoms with Gasteiger partial charge in [-0.15, -0.1) is 11.3 Å². The van der Waals surface area contributed by atoms with Crippen LogP contribution in [0.15, 0.2) is 42.7 Å². The molecule has 1 aliphatic rings. The quantitative estimate of drug-likeness (QED) is 0.497. The topological polar surface area (TPSA) is 72.2 Å². The SMILES string of the molecule is Cc1ccn2ncc(C(=O)Nc3nc(C4CC4)c(Cc4ccccc4Cl)s3)c2n1. The van der Waals surface area contributed by atoms with Crippen molar-refractivity contribution < 1.29 is 4.79 Å². The number of benzene rings is 1. The summed E-state index contributed by atoms with van der Waals surface area (Å²) in [5, 5.41) is 8.51. The first-order valence-corrected chi connectivity index (χ1v) is 10.6. The van der Waals surface area contributed by atoms with E-state index in [1.54, 1.807) is 10.7 Å². The summed E-state index contributed by atoms with van der Waals surface area (Å²) in [5.41, 5.74) is 3.96. The standard InChI is InChI=1S/C21H18ClN5OS/c1-12-8-9-27-19(24-12)15(11-23-27)20(28)26-21-25-18(13-6-7-13)17(29-21)10-14-4-2-3-5-16(14)22/h2-5,8-9,11,13H,6-7,10H2,1H3,(H,25,26,28). The number of carbonyl (C=O) groups excluding carboxylic acids is 1. The van der Waals surface area contributed by atoms with E-state index in [2.05, 4.69) is 15.4 Å². The first kappa shape index (κ1) is 18.3. The van der Waals surface area contributed by atoms with E-state index in [1.807, 2.05) is 37.3 Å². The van der Waals surface area contributed by atoms with Crippen molar-refractivity contribution in [2.45, 2.75) is 32.1 Å². The monoisotopic (exact) mass is 423 g/mol. The summed E-state index contributed by atoms with van der Waals surface area (Å²) in [6, 6.07) is 9.70. The molecule has 146 valence electrons. The molecule has 0 atom stereocenters. The number of nitrogens with zero attached hydrogens (tertiary/aromatic N) is 4. The van der Waals surface area contributed by atoms with Crippen LogP contribution in [0.1, 0.15) is 50.9 Å². The van der Waals surface area contributed by atoms with Crippen LogP contribution in [0.4, 0.5) is 5.13 Å². The molecule has 1 aliphatic carbocycles. The molecule has 0 unspecified atom stereocenters. The molecule has 0 bridgehead atoms. The van der Waals surface area contributed by atoms with Gasteiger partial charge in [0.2, 0.25) is 0 Å². The van der Waals surface area contributed by atoms with Crippen LogP contribution < -0.4 is 5.32 Å². The van der Waals surface area contributed by atoms with Crippen molar-refractivity contribution in [3.8, 4) is 0 Å². The number of thiazole rings is 1. The summed E-state index contributed by atoms with van der Waals surface area (Å²) in [7, 11) is 0. The van der Waals surface area contributed by atoms with E-state index in [0.717, 1.165) is 46.1 Å². The van der Waals surface area contributed by atoms with Crippen LogP contribution >= 0.6 is 22.9 Å². The number of aryl methyl sites for hydroxylation is 1. The summed E-state index contributed by atoms with van der Waals surface area (Å²) >= 11 is 7.86. The summed E-state index contributed by atoms with van der Waals surface area (Å²) in [6.07, 6.45) is 6.34. The van der Waals surface area contributed by atoms with Gasteiger partial charge in [-0.1, -0.05) is 29.8 Å². The smallest absolute Gasteiger partial charge is 0.262 e. The average molecular weight is 424 g/mol. The molecule has 3 heterocycles. The molecule has 0 saturated heterocycles. The van der Waals surface area contributed by atoms with Crippen LogP contribution in [0.5, 0.6) is 0 Å². The number of carbonyl (C=O) groups is 1. The summed E-state index contributed by atoms with van der Waals surface area (Å²) in [4.78, 5) is 23.2. The Morgan fingerprint density at radius 2 is 2.10 bits per heavy atom. The molecule has 4 aromatic rings. The third kappa shape index (κ3) is 3.63. The van der Waals surface area contributed by atoms with E-state index < -0.39 is 0 Å². The lowest BCUT2D eigenvalue weighted by atomic mass is 10.1. The minimum absolute atomic E-state index is 0.251. The van der Waals surface area contributed by atoms with Gasteiger partial charge in [0.15, 0.2) is 10.8 Å². The highest BCUT2D eigenvalue weighted by Crippen LogP contribution is 2.44. The Labute approximate surface area is 176 Å². The molecule has 1 N–H and O–H groups in total. The average Bonchev–Trinajstić information content (AvgIpc) is 3.34. The maximum atomic E-state index is 12.9. The second-order valence-corrected chi connectivity index (χ2v) is 8.71. The number of halogens is 1. The zero-order valence-electron chi connectivity index (χ0n) is 15.7. The Balaban J connectivity index is 1.43. The Morgan fingerprint density at radius 3 is 2.90 bits per heavy atom. The molecule has 3 aromatic heterocycles. The second kappa shape index (κ2) is 7.24. The largest absolute Gasteiger partial charge is 0.298 e. The van der Waals surface area contributed by atoms with Crippen molar-refractivity contribution in [1.82, 2.24) is 19.6 Å². The molecule has 0 aliphatic heterocycles. The van der Waals surface area contributed by atoms with Gasteiger partial charge < -0.3 is 0 Å². The van der Waals surface area contributed by atoms with Crippen LogP contribution in [-0.2, 0) is 6.42 Å². The van der Waals surface area contributed by atoms with Crippen molar-refractivity contribution in [3.63, 3.8) is 0 Å². The van der Waals surface area contributed by atoms with Crippen molar-refractivity contribution in [2.75, 3.05) is 5.32 Å². The van der Waals surface area contributed by atoms with Gasteiger partial charge in [-0.25, -0.2) is 14.5 Å². The maximum Gasteiger partial charge on any atom is 0.262 e. The number of hydrogen-bond donors (Lipinski definition) is 1. The summed E-state index contributed by atoms with van der Waals surface area (Å²) in [5.74, 6) is 0.231. The number of nitrogens with one attached hydrogen (secondary N) is 1. The lowest BCUT2D eigenvalue weighted by molar-refractivity contribution is 0.102. The third-order valence-corrected chi connectivity index (χ3v) is 6.33. The molecule has 5 rings (SSSR count). The number of hydrogen-bond acceptors (Lipinski definition) is 5. The molecule has 1 amide bonds. The Hall–Kier alpha value is -2.77. The van der Waals surface area contributed by atoms with Crippen LogP contribution in [0.3, 0.4) is 0 Å². The van der Waals surface area contributed by atoms with E-state index in [9.17, 15) is 4.79 Å². The van der Waals surface area contributed by atoms with Crippen molar-refractivity contribution >= 4 is 39.6 Å². The third-order valence-electron chi connectivity index (χ3n) is 4.97. The maximum absolute atomic E-state index is 12.9. The first-order valence-electron chi connectivity index (χ1n) is 9.44. The van der Waals surface area contributed by atoms with Crippen molar-refractivity contribution in [3.05, 3.63) is 75.1 Å². The van der Waals surface area contributed by atoms with Gasteiger partial charge in [-0.2, -0.15) is 5.10 Å². The fraction of sp³-hybridized carbons (Fsp3) is 0.238. The molecule has 1 aromatic carbocycles. The van der Waals surface area contributed by atoms with E-state index in [1.165, 1.54) is 17.5 Å². The first-order chi connectivity index (χ1) is 14.1. The van der Waals surface area contributed by atoms with Gasteiger partial charge >= 0.3 is 0 Å². The fourth-order valence-electron chi connectivity index (χ4n) is 3.32. The molecular formula is C21H18ClN5OS. The second-order valence-electron chi connectivity index (χ2n) is 7.22. The minimum atomic E-state index is -0.251. The minimum Gasteiger partial charge on any atom is -0.298 e. The molecule has 1 fully saturated rings. The molecule has 0 spiro atoms. The van der Waals surface area contributed by atoms with Gasteiger partial charge in [-0.05, 0) is 37.5 Å². The van der Waals surface area contributed by atoms with Crippen LogP contribution in [0.25, 0.3) is 5.65 Å². The number of anilines is 1. The number of aromatic nitrogens is 4.